The molecule has 4 aromatic carbocycles. The van der Waals surface area contributed by atoms with Crippen molar-refractivity contribution in [2.24, 2.45) is 0 Å². The zero-order valence-corrected chi connectivity index (χ0v) is 26.0. The number of hydrogen-bond donors (Lipinski definition) is 4. The van der Waals surface area contributed by atoms with Gasteiger partial charge in [-0.05, 0) is 60.2 Å². The Bertz CT molecular complexity index is 1920. The molecule has 0 saturated carbocycles. The smallest absolute Gasteiger partial charge is 0.336 e. The Balaban J connectivity index is 1.31. The lowest BCUT2D eigenvalue weighted by molar-refractivity contribution is -0.115. The van der Waals surface area contributed by atoms with E-state index >= 15 is 0 Å². The van der Waals surface area contributed by atoms with E-state index in [2.05, 4.69) is 15.6 Å². The van der Waals surface area contributed by atoms with Crippen molar-refractivity contribution in [1.82, 2.24) is 4.98 Å². The van der Waals surface area contributed by atoms with Gasteiger partial charge in [0, 0.05) is 21.5 Å². The largest absolute Gasteiger partial charge is 0.478 e. The first-order valence-corrected chi connectivity index (χ1v) is 15.6. The van der Waals surface area contributed by atoms with Gasteiger partial charge in [-0.15, -0.1) is 23.1 Å². The van der Waals surface area contributed by atoms with E-state index in [0.717, 1.165) is 34.2 Å². The molecule has 226 valence electrons. The number of anilines is 2. The number of rotatable bonds is 10. The van der Waals surface area contributed by atoms with Gasteiger partial charge in [-0.1, -0.05) is 59.6 Å². The first-order valence-electron chi connectivity index (χ1n) is 13.0. The summed E-state index contributed by atoms with van der Waals surface area (Å²) in [6.45, 7) is 0. The molecule has 0 aliphatic carbocycles. The molecule has 0 radical (unpaired) electrons. The quantitative estimate of drug-likeness (QED) is 0.108. The van der Waals surface area contributed by atoms with Crippen LogP contribution in [0.15, 0.2) is 101 Å². The Morgan fingerprint density at radius 3 is 2.18 bits per heavy atom. The highest BCUT2D eigenvalue weighted by molar-refractivity contribution is 8.00. The first-order chi connectivity index (χ1) is 21.6. The van der Waals surface area contributed by atoms with Crippen molar-refractivity contribution in [3.63, 3.8) is 0 Å². The van der Waals surface area contributed by atoms with E-state index in [1.165, 1.54) is 23.1 Å². The molecule has 9 nitrogen and oxygen atoms in total. The van der Waals surface area contributed by atoms with Crippen molar-refractivity contribution in [3.8, 4) is 11.3 Å². The zero-order valence-electron chi connectivity index (χ0n) is 22.9. The van der Waals surface area contributed by atoms with Gasteiger partial charge in [0.05, 0.1) is 32.4 Å². The highest BCUT2D eigenvalue weighted by atomic mass is 35.5. The summed E-state index contributed by atoms with van der Waals surface area (Å²) in [4.78, 5) is 54.5. The third kappa shape index (κ3) is 7.70. The topological polar surface area (TPSA) is 146 Å². The van der Waals surface area contributed by atoms with Crippen LogP contribution in [0.2, 0.25) is 10.0 Å². The summed E-state index contributed by atoms with van der Waals surface area (Å²) >= 11 is 14.7. The number of hydrogen-bond acceptors (Lipinski definition) is 7. The fraction of sp³-hybridized carbons (Fsp3) is 0.0312. The van der Waals surface area contributed by atoms with E-state index in [1.54, 1.807) is 42.5 Å². The predicted octanol–water partition coefficient (Wildman–Crippen LogP) is 8.24. The van der Waals surface area contributed by atoms with Crippen molar-refractivity contribution >= 4 is 80.9 Å². The molecule has 1 heterocycles. The van der Waals surface area contributed by atoms with E-state index < -0.39 is 28.7 Å². The van der Waals surface area contributed by atoms with Crippen LogP contribution in [-0.2, 0) is 4.79 Å². The Labute approximate surface area is 274 Å². The van der Waals surface area contributed by atoms with Gasteiger partial charge in [0.2, 0.25) is 5.91 Å². The highest BCUT2D eigenvalue weighted by Crippen LogP contribution is 2.37. The summed E-state index contributed by atoms with van der Waals surface area (Å²) in [5.41, 5.74) is 1.69. The molecule has 0 saturated heterocycles. The minimum absolute atomic E-state index is 0.184. The van der Waals surface area contributed by atoms with Crippen LogP contribution in [0.25, 0.3) is 11.3 Å². The van der Waals surface area contributed by atoms with Gasteiger partial charge in [-0.2, -0.15) is 0 Å². The summed E-state index contributed by atoms with van der Waals surface area (Å²) in [6, 6.07) is 24.4. The number of benzene rings is 4. The van der Waals surface area contributed by atoms with E-state index in [9.17, 15) is 24.3 Å². The molecule has 0 bridgehead atoms. The van der Waals surface area contributed by atoms with Crippen LogP contribution in [0.5, 0.6) is 0 Å². The Morgan fingerprint density at radius 1 is 0.778 bits per heavy atom. The maximum atomic E-state index is 13.5. The maximum Gasteiger partial charge on any atom is 0.336 e. The van der Waals surface area contributed by atoms with Crippen molar-refractivity contribution in [1.29, 1.82) is 0 Å². The summed E-state index contributed by atoms with van der Waals surface area (Å²) in [7, 11) is 0. The van der Waals surface area contributed by atoms with E-state index in [4.69, 9.17) is 28.3 Å². The minimum atomic E-state index is -1.43. The van der Waals surface area contributed by atoms with Gasteiger partial charge in [-0.3, -0.25) is 9.59 Å². The van der Waals surface area contributed by atoms with E-state index in [0.29, 0.717) is 26.6 Å². The molecule has 5 rings (SSSR count). The van der Waals surface area contributed by atoms with Gasteiger partial charge in [0.1, 0.15) is 5.25 Å². The number of aromatic nitrogens is 1. The van der Waals surface area contributed by atoms with Crippen LogP contribution in [0.3, 0.4) is 0 Å². The van der Waals surface area contributed by atoms with Crippen LogP contribution in [0, 0.1) is 0 Å². The summed E-state index contributed by atoms with van der Waals surface area (Å²) in [6.07, 6.45) is 0. The molecule has 1 atom stereocenters. The van der Waals surface area contributed by atoms with Crippen LogP contribution in [-0.4, -0.2) is 39.0 Å². The summed E-state index contributed by atoms with van der Waals surface area (Å²) < 4.78 is 0. The fourth-order valence-electron chi connectivity index (χ4n) is 4.19. The minimum Gasteiger partial charge on any atom is -0.478 e. The van der Waals surface area contributed by atoms with Crippen LogP contribution in [0.1, 0.15) is 41.9 Å². The monoisotopic (exact) mass is 677 g/mol. The third-order valence-electron chi connectivity index (χ3n) is 6.40. The Kier molecular flexibility index (Phi) is 9.84. The molecule has 2 amide bonds. The normalized spacial score (nSPS) is 11.4. The second-order valence-electron chi connectivity index (χ2n) is 9.41. The van der Waals surface area contributed by atoms with E-state index in [-0.39, 0.29) is 17.0 Å². The van der Waals surface area contributed by atoms with Crippen molar-refractivity contribution in [2.75, 3.05) is 10.6 Å². The average molecular weight is 679 g/mol. The summed E-state index contributed by atoms with van der Waals surface area (Å²) in [5.74, 6) is -3.73. The SMILES string of the molecule is O=C(O)c1ccc(C(=O)Nc2ccc(SC(C(=O)Nc3nc(-c4ccc(Cl)c(Cl)c4)cs3)c3ccccc3)cc2)c(C(=O)O)c1. The molecular weight excluding hydrogens is 657 g/mol. The Hall–Kier alpha value is -4.68. The molecule has 0 aliphatic rings. The highest BCUT2D eigenvalue weighted by Gasteiger charge is 2.24. The number of nitrogens with zero attached hydrogens (tertiary/aromatic N) is 1. The number of halogens is 2. The molecule has 45 heavy (non-hydrogen) atoms. The molecule has 5 aromatic rings. The van der Waals surface area contributed by atoms with Gasteiger partial charge >= 0.3 is 11.9 Å². The Morgan fingerprint density at radius 2 is 1.51 bits per heavy atom. The lowest BCUT2D eigenvalue weighted by Crippen LogP contribution is -2.19. The molecule has 1 aromatic heterocycles. The molecule has 1 unspecified atom stereocenters. The van der Waals surface area contributed by atoms with Crippen LogP contribution >= 0.6 is 46.3 Å². The second kappa shape index (κ2) is 14.0. The van der Waals surface area contributed by atoms with E-state index in [1.807, 2.05) is 35.7 Å². The standard InChI is InChI=1S/C32H21Cl2N3O6S2/c33-24-13-7-18(15-25(24)34)26-16-44-32(36-26)37-29(39)27(17-4-2-1-3-5-17)45-21-10-8-20(9-11-21)35-28(38)22-12-6-19(30(40)41)14-23(22)31(42)43/h1-16,27H,(H,35,38)(H,40,41)(H,42,43)(H,36,37,39). The van der Waals surface area contributed by atoms with Crippen molar-refractivity contribution < 1.29 is 29.4 Å². The van der Waals surface area contributed by atoms with Gasteiger partial charge in [0.15, 0.2) is 5.13 Å². The molecule has 4 N–H and O–H groups in total. The van der Waals surface area contributed by atoms with Gasteiger partial charge in [0.25, 0.3) is 5.91 Å². The van der Waals surface area contributed by atoms with Gasteiger partial charge in [-0.25, -0.2) is 14.6 Å². The molecule has 13 heteroatoms. The van der Waals surface area contributed by atoms with Crippen LogP contribution < -0.4 is 10.6 Å². The maximum absolute atomic E-state index is 13.5. The van der Waals surface area contributed by atoms with Crippen molar-refractivity contribution in [2.45, 2.75) is 10.1 Å². The lowest BCUT2D eigenvalue weighted by Gasteiger charge is -2.16. The molecule has 0 spiro atoms. The predicted molar refractivity (Wildman–Crippen MR) is 176 cm³/mol. The average Bonchev–Trinajstić information content (AvgIpc) is 3.50. The number of carbonyl (C=O) groups is 4. The number of thioether (sulfide) groups is 1. The molecule has 0 fully saturated rings. The fourth-order valence-corrected chi connectivity index (χ4v) is 6.24. The lowest BCUT2D eigenvalue weighted by atomic mass is 10.0. The number of nitrogens with one attached hydrogen (secondary N) is 2. The number of carbonyl (C=O) groups excluding carboxylic acids is 2. The number of amides is 2. The number of carboxylic acids is 2. The first kappa shape index (κ1) is 31.7. The van der Waals surface area contributed by atoms with Crippen molar-refractivity contribution in [3.05, 3.63) is 129 Å². The third-order valence-corrected chi connectivity index (χ3v) is 9.16. The second-order valence-corrected chi connectivity index (χ2v) is 12.3. The number of aromatic carboxylic acids is 2. The van der Waals surface area contributed by atoms with Crippen LogP contribution in [0.4, 0.5) is 10.8 Å². The molecular formula is C32H21Cl2N3O6S2. The summed E-state index contributed by atoms with van der Waals surface area (Å²) in [5, 5.41) is 26.6. The number of carboxylic acid groups (broad SMARTS) is 2. The molecule has 0 aliphatic heterocycles. The number of thiazole rings is 1. The zero-order chi connectivity index (χ0) is 32.1. The van der Waals surface area contributed by atoms with Gasteiger partial charge < -0.3 is 20.8 Å².